The van der Waals surface area contributed by atoms with Crippen molar-refractivity contribution in [2.75, 3.05) is 26.2 Å². The van der Waals surface area contributed by atoms with Gasteiger partial charge in [0.15, 0.2) is 0 Å². The summed E-state index contributed by atoms with van der Waals surface area (Å²) in [5, 5.41) is 5.14. The van der Waals surface area contributed by atoms with Crippen molar-refractivity contribution in [3.63, 3.8) is 0 Å². The number of carbonyl (C=O) groups excluding carboxylic acids is 2. The fourth-order valence-corrected chi connectivity index (χ4v) is 5.78. The number of hydrogen-bond acceptors (Lipinski definition) is 4. The van der Waals surface area contributed by atoms with Gasteiger partial charge in [-0.25, -0.2) is 4.79 Å². The smallest absolute Gasteiger partial charge is 0.407 e. The lowest BCUT2D eigenvalue weighted by atomic mass is 9.73. The van der Waals surface area contributed by atoms with E-state index >= 15 is 0 Å². The molecule has 2 aromatic rings. The molecule has 4 rings (SSSR count). The largest absolute Gasteiger partial charge is 0.444 e. The topological polar surface area (TPSA) is 70.7 Å². The summed E-state index contributed by atoms with van der Waals surface area (Å²) in [6, 6.07) is 15.1. The number of piperidine rings is 1. The molecule has 39 heavy (non-hydrogen) atoms. The number of amides is 2. The number of rotatable bonds is 8. The Balaban J connectivity index is 1.39. The van der Waals surface area contributed by atoms with Crippen LogP contribution in [0.1, 0.15) is 64.0 Å². The molecule has 2 N–H and O–H groups in total. The van der Waals surface area contributed by atoms with Crippen LogP contribution in [0.5, 0.6) is 0 Å². The number of halogens is 3. The van der Waals surface area contributed by atoms with E-state index in [1.807, 2.05) is 69.3 Å². The number of alkyl halides is 3. The Hall–Kier alpha value is -3.07. The van der Waals surface area contributed by atoms with Crippen LogP contribution in [0.25, 0.3) is 11.1 Å². The molecule has 1 fully saturated rings. The lowest BCUT2D eigenvalue weighted by molar-refractivity contribution is -0.141. The van der Waals surface area contributed by atoms with Crippen LogP contribution in [0.2, 0.25) is 0 Å². The molecule has 1 aliphatic carbocycles. The molecule has 1 heterocycles. The second-order valence-electron chi connectivity index (χ2n) is 11.5. The van der Waals surface area contributed by atoms with E-state index in [9.17, 15) is 22.8 Å². The van der Waals surface area contributed by atoms with Crippen molar-refractivity contribution in [2.24, 2.45) is 0 Å². The van der Waals surface area contributed by atoms with Gasteiger partial charge >= 0.3 is 12.3 Å². The normalized spacial score (nSPS) is 17.3. The van der Waals surface area contributed by atoms with Crippen molar-refractivity contribution in [1.82, 2.24) is 15.5 Å². The first-order valence-electron chi connectivity index (χ1n) is 13.7. The summed E-state index contributed by atoms with van der Waals surface area (Å²) in [4.78, 5) is 28.0. The van der Waals surface area contributed by atoms with Gasteiger partial charge in [0.05, 0.1) is 0 Å². The highest BCUT2D eigenvalue weighted by Crippen LogP contribution is 2.51. The van der Waals surface area contributed by atoms with Crippen molar-refractivity contribution >= 4 is 12.0 Å². The number of ether oxygens (including phenoxy) is 1. The van der Waals surface area contributed by atoms with E-state index in [4.69, 9.17) is 4.74 Å². The zero-order chi connectivity index (χ0) is 28.3. The zero-order valence-electron chi connectivity index (χ0n) is 22.9. The predicted molar refractivity (Wildman–Crippen MR) is 144 cm³/mol. The molecule has 2 amide bonds. The lowest BCUT2D eigenvalue weighted by Crippen LogP contribution is -2.47. The second kappa shape index (κ2) is 11.6. The van der Waals surface area contributed by atoms with Crippen molar-refractivity contribution in [1.29, 1.82) is 0 Å². The summed E-state index contributed by atoms with van der Waals surface area (Å²) in [5.41, 5.74) is 1.62. The summed E-state index contributed by atoms with van der Waals surface area (Å²) in [6.07, 6.45) is -1.33. The maximum atomic E-state index is 13.6. The summed E-state index contributed by atoms with van der Waals surface area (Å²) >= 11 is 0. The van der Waals surface area contributed by atoms with Crippen LogP contribution < -0.4 is 10.6 Å². The van der Waals surface area contributed by atoms with Crippen LogP contribution >= 0.6 is 0 Å². The maximum Gasteiger partial charge on any atom is 0.407 e. The lowest BCUT2D eigenvalue weighted by Gasteiger charge is -2.34. The quantitative estimate of drug-likeness (QED) is 0.412. The Bertz CT molecular complexity index is 1120. The first-order chi connectivity index (χ1) is 18.4. The molecule has 0 atom stereocenters. The van der Waals surface area contributed by atoms with Crippen LogP contribution in [0.4, 0.5) is 18.0 Å². The van der Waals surface area contributed by atoms with Crippen LogP contribution in [-0.4, -0.2) is 60.9 Å². The molecule has 9 heteroatoms. The van der Waals surface area contributed by atoms with E-state index in [1.165, 1.54) is 0 Å². The molecule has 212 valence electrons. The molecule has 2 aromatic carbocycles. The molecule has 0 bridgehead atoms. The third-order valence-electron chi connectivity index (χ3n) is 7.49. The van der Waals surface area contributed by atoms with Crippen LogP contribution in [0.3, 0.4) is 0 Å². The molecule has 1 saturated heterocycles. The maximum absolute atomic E-state index is 13.6. The number of hydrogen-bond donors (Lipinski definition) is 2. The van der Waals surface area contributed by atoms with E-state index in [0.29, 0.717) is 12.8 Å². The highest BCUT2D eigenvalue weighted by molar-refractivity contribution is 6.00. The fourth-order valence-electron chi connectivity index (χ4n) is 5.78. The molecule has 2 aliphatic rings. The number of carbonyl (C=O) groups is 2. The van der Waals surface area contributed by atoms with E-state index in [0.717, 1.165) is 61.2 Å². The summed E-state index contributed by atoms with van der Waals surface area (Å²) in [7, 11) is 0. The standard InChI is InChI=1S/C30H38F3N3O3/c1-28(2,3)39-27(38)35-21-14-18-36(19-15-21)17-9-8-16-29(26(37)34-20-30(31,32)33)24-12-6-4-10-22(24)23-11-5-7-13-25(23)29/h4-7,10-13,21H,8-9,14-20H2,1-3H3,(H,34,37)(H,35,38). The third-order valence-corrected chi connectivity index (χ3v) is 7.49. The minimum absolute atomic E-state index is 0.0724. The van der Waals surface area contributed by atoms with Gasteiger partial charge in [0.1, 0.15) is 17.6 Å². The highest BCUT2D eigenvalue weighted by Gasteiger charge is 2.49. The Morgan fingerprint density at radius 2 is 1.51 bits per heavy atom. The van der Waals surface area contributed by atoms with Gasteiger partial charge in [-0.05, 0) is 75.3 Å². The van der Waals surface area contributed by atoms with Crippen LogP contribution in [0, 0.1) is 0 Å². The van der Waals surface area contributed by atoms with Crippen molar-refractivity contribution in [3.05, 3.63) is 59.7 Å². The number of nitrogens with one attached hydrogen (secondary N) is 2. The van der Waals surface area contributed by atoms with Gasteiger partial charge in [0.2, 0.25) is 5.91 Å². The van der Waals surface area contributed by atoms with Gasteiger partial charge in [-0.3, -0.25) is 4.79 Å². The minimum Gasteiger partial charge on any atom is -0.444 e. The van der Waals surface area contributed by atoms with Gasteiger partial charge < -0.3 is 20.3 Å². The van der Waals surface area contributed by atoms with Gasteiger partial charge in [0.25, 0.3) is 0 Å². The molecular weight excluding hydrogens is 507 g/mol. The number of fused-ring (bicyclic) bond motifs is 3. The number of unbranched alkanes of at least 4 members (excludes halogenated alkanes) is 1. The van der Waals surface area contributed by atoms with E-state index in [-0.39, 0.29) is 6.04 Å². The summed E-state index contributed by atoms with van der Waals surface area (Å²) < 4.78 is 44.5. The highest BCUT2D eigenvalue weighted by atomic mass is 19.4. The number of alkyl carbamates (subject to hydrolysis) is 1. The van der Waals surface area contributed by atoms with E-state index < -0.39 is 35.7 Å². The molecule has 1 aliphatic heterocycles. The minimum atomic E-state index is -4.49. The molecular formula is C30H38F3N3O3. The van der Waals surface area contributed by atoms with Crippen LogP contribution in [0.15, 0.2) is 48.5 Å². The summed E-state index contributed by atoms with van der Waals surface area (Å²) in [5.74, 6) is -0.605. The number of benzene rings is 2. The molecule has 0 aromatic heterocycles. The van der Waals surface area contributed by atoms with Gasteiger partial charge in [-0.1, -0.05) is 55.0 Å². The third kappa shape index (κ3) is 6.93. The van der Waals surface area contributed by atoms with E-state index in [1.54, 1.807) is 0 Å². The number of likely N-dealkylation sites (tertiary alicyclic amines) is 1. The van der Waals surface area contributed by atoms with Gasteiger partial charge in [-0.2, -0.15) is 13.2 Å². The first-order valence-corrected chi connectivity index (χ1v) is 13.7. The molecule has 0 spiro atoms. The van der Waals surface area contributed by atoms with Crippen molar-refractivity contribution in [2.45, 2.75) is 76.1 Å². The molecule has 0 saturated carbocycles. The molecule has 0 unspecified atom stereocenters. The first kappa shape index (κ1) is 28.9. The monoisotopic (exact) mass is 545 g/mol. The summed E-state index contributed by atoms with van der Waals surface area (Å²) in [6.45, 7) is 6.64. The fraction of sp³-hybridized carbons (Fsp3) is 0.533. The SMILES string of the molecule is CC(C)(C)OC(=O)NC1CCN(CCCCC2(C(=O)NCC(F)(F)F)c3ccccc3-c3ccccc32)CC1. The predicted octanol–water partition coefficient (Wildman–Crippen LogP) is 5.79. The van der Waals surface area contributed by atoms with Gasteiger partial charge in [0, 0.05) is 19.1 Å². The average molecular weight is 546 g/mol. The van der Waals surface area contributed by atoms with Crippen LogP contribution in [-0.2, 0) is 14.9 Å². The van der Waals surface area contributed by atoms with Gasteiger partial charge in [-0.15, -0.1) is 0 Å². The molecule has 0 radical (unpaired) electrons. The molecule has 6 nitrogen and oxygen atoms in total. The van der Waals surface area contributed by atoms with Crippen molar-refractivity contribution < 1.29 is 27.5 Å². The Morgan fingerprint density at radius 3 is 2.05 bits per heavy atom. The number of nitrogens with zero attached hydrogens (tertiary/aromatic N) is 1. The Kier molecular flexibility index (Phi) is 8.59. The Morgan fingerprint density at radius 1 is 0.949 bits per heavy atom. The second-order valence-corrected chi connectivity index (χ2v) is 11.5. The van der Waals surface area contributed by atoms with Crippen molar-refractivity contribution in [3.8, 4) is 11.1 Å². The van der Waals surface area contributed by atoms with E-state index in [2.05, 4.69) is 15.5 Å². The Labute approximate surface area is 228 Å². The average Bonchev–Trinajstić information content (AvgIpc) is 3.15. The zero-order valence-corrected chi connectivity index (χ0v) is 22.9.